The first kappa shape index (κ1) is 21.6. The molecular formula is C20H23N5O4S2. The summed E-state index contributed by atoms with van der Waals surface area (Å²) >= 11 is 1.17. The van der Waals surface area contributed by atoms with Gasteiger partial charge in [0.25, 0.3) is 5.56 Å². The van der Waals surface area contributed by atoms with Crippen LogP contribution in [0.15, 0.2) is 34.2 Å². The Morgan fingerprint density at radius 2 is 1.94 bits per heavy atom. The van der Waals surface area contributed by atoms with E-state index in [0.717, 1.165) is 29.5 Å². The summed E-state index contributed by atoms with van der Waals surface area (Å²) in [5, 5.41) is 2.70. The van der Waals surface area contributed by atoms with Gasteiger partial charge >= 0.3 is 0 Å². The maximum Gasteiger partial charge on any atom is 0.263 e. The smallest absolute Gasteiger partial charge is 0.263 e. The van der Waals surface area contributed by atoms with Gasteiger partial charge in [-0.2, -0.15) is 4.31 Å². The van der Waals surface area contributed by atoms with Gasteiger partial charge in [0.2, 0.25) is 15.9 Å². The minimum atomic E-state index is -3.82. The molecule has 11 heteroatoms. The van der Waals surface area contributed by atoms with Crippen LogP contribution in [0.5, 0.6) is 0 Å². The number of hydrogen-bond acceptors (Lipinski definition) is 7. The SMILES string of the molecule is Cc1cccc(NC(=O)Cn2cnc3sc(C)c(S(=O)(=O)N4CCCCC4)c3c2=O)n1. The fourth-order valence-corrected chi connectivity index (χ4v) is 6.90. The average Bonchev–Trinajstić information content (AvgIpc) is 3.08. The van der Waals surface area contributed by atoms with E-state index in [0.29, 0.717) is 28.6 Å². The minimum absolute atomic E-state index is 0.0157. The molecule has 0 spiro atoms. The molecule has 0 bridgehead atoms. The van der Waals surface area contributed by atoms with Crippen LogP contribution in [0.4, 0.5) is 5.82 Å². The molecule has 0 atom stereocenters. The van der Waals surface area contributed by atoms with Crippen molar-refractivity contribution >= 4 is 43.3 Å². The van der Waals surface area contributed by atoms with Gasteiger partial charge in [-0.15, -0.1) is 11.3 Å². The van der Waals surface area contributed by atoms with E-state index in [4.69, 9.17) is 0 Å². The number of aromatic nitrogens is 3. The van der Waals surface area contributed by atoms with Gasteiger partial charge in [-0.25, -0.2) is 18.4 Å². The van der Waals surface area contributed by atoms with Gasteiger partial charge in [0.15, 0.2) is 0 Å². The van der Waals surface area contributed by atoms with Crippen molar-refractivity contribution in [1.29, 1.82) is 0 Å². The van der Waals surface area contributed by atoms with E-state index < -0.39 is 21.5 Å². The van der Waals surface area contributed by atoms with Gasteiger partial charge in [-0.1, -0.05) is 12.5 Å². The minimum Gasteiger partial charge on any atom is -0.309 e. The van der Waals surface area contributed by atoms with Crippen LogP contribution in [0.25, 0.3) is 10.2 Å². The molecule has 164 valence electrons. The van der Waals surface area contributed by atoms with Gasteiger partial charge in [0.05, 0.1) is 11.7 Å². The Morgan fingerprint density at radius 1 is 1.19 bits per heavy atom. The molecule has 0 unspecified atom stereocenters. The molecule has 1 fully saturated rings. The summed E-state index contributed by atoms with van der Waals surface area (Å²) in [4.78, 5) is 35.0. The second-order valence-electron chi connectivity index (χ2n) is 7.52. The molecule has 0 saturated carbocycles. The third kappa shape index (κ3) is 4.25. The number of thiophene rings is 1. The zero-order chi connectivity index (χ0) is 22.2. The zero-order valence-electron chi connectivity index (χ0n) is 17.3. The van der Waals surface area contributed by atoms with Crippen LogP contribution in [0.1, 0.15) is 29.8 Å². The molecule has 31 heavy (non-hydrogen) atoms. The summed E-state index contributed by atoms with van der Waals surface area (Å²) in [6.07, 6.45) is 3.88. The molecule has 1 N–H and O–H groups in total. The van der Waals surface area contributed by atoms with Crippen molar-refractivity contribution < 1.29 is 13.2 Å². The standard InChI is InChI=1S/C20H23N5O4S2/c1-13-7-6-8-15(22-13)23-16(26)11-24-12-21-19-17(20(24)27)18(14(2)30-19)31(28,29)25-9-4-3-5-10-25/h6-8,12H,3-5,9-11H2,1-2H3,(H,22,23,26). The number of nitrogens with zero attached hydrogens (tertiary/aromatic N) is 4. The highest BCUT2D eigenvalue weighted by Crippen LogP contribution is 2.33. The fourth-order valence-electron chi connectivity index (χ4n) is 3.72. The van der Waals surface area contributed by atoms with Crippen molar-refractivity contribution in [1.82, 2.24) is 18.8 Å². The van der Waals surface area contributed by atoms with Crippen LogP contribution in [0.2, 0.25) is 0 Å². The van der Waals surface area contributed by atoms with Gasteiger partial charge in [0, 0.05) is 23.7 Å². The number of sulfonamides is 1. The first-order chi connectivity index (χ1) is 14.8. The third-order valence-electron chi connectivity index (χ3n) is 5.18. The lowest BCUT2D eigenvalue weighted by Gasteiger charge is -2.25. The number of nitrogens with one attached hydrogen (secondary N) is 1. The van der Waals surface area contributed by atoms with Gasteiger partial charge < -0.3 is 5.32 Å². The highest BCUT2D eigenvalue weighted by Gasteiger charge is 2.32. The molecule has 3 aromatic rings. The molecule has 1 aliphatic rings. The monoisotopic (exact) mass is 461 g/mol. The van der Waals surface area contributed by atoms with Crippen molar-refractivity contribution in [3.63, 3.8) is 0 Å². The highest BCUT2D eigenvalue weighted by atomic mass is 32.2. The number of piperidine rings is 1. The van der Waals surface area contributed by atoms with Crippen LogP contribution < -0.4 is 10.9 Å². The molecule has 3 aromatic heterocycles. The molecule has 0 radical (unpaired) electrons. The highest BCUT2D eigenvalue weighted by molar-refractivity contribution is 7.89. The van der Waals surface area contributed by atoms with E-state index in [1.807, 2.05) is 0 Å². The van der Waals surface area contributed by atoms with Crippen molar-refractivity contribution in [2.45, 2.75) is 44.6 Å². The van der Waals surface area contributed by atoms with E-state index in [9.17, 15) is 18.0 Å². The first-order valence-corrected chi connectivity index (χ1v) is 12.3. The Bertz CT molecular complexity index is 1310. The first-order valence-electron chi connectivity index (χ1n) is 9.99. The topological polar surface area (TPSA) is 114 Å². The Morgan fingerprint density at radius 3 is 2.65 bits per heavy atom. The quantitative estimate of drug-likeness (QED) is 0.623. The lowest BCUT2D eigenvalue weighted by molar-refractivity contribution is -0.116. The summed E-state index contributed by atoms with van der Waals surface area (Å²) in [6, 6.07) is 5.23. The fraction of sp³-hybridized carbons (Fsp3) is 0.400. The Labute approximate surface area is 183 Å². The number of carbonyl (C=O) groups excluding carboxylic acids is 1. The largest absolute Gasteiger partial charge is 0.309 e. The second-order valence-corrected chi connectivity index (χ2v) is 10.6. The predicted molar refractivity (Wildman–Crippen MR) is 119 cm³/mol. The van der Waals surface area contributed by atoms with Crippen LogP contribution >= 0.6 is 11.3 Å². The summed E-state index contributed by atoms with van der Waals surface area (Å²) in [5.41, 5.74) is 0.205. The average molecular weight is 462 g/mol. The van der Waals surface area contributed by atoms with Gasteiger partial charge in [-0.3, -0.25) is 14.2 Å². The second kappa shape index (κ2) is 8.48. The van der Waals surface area contributed by atoms with Crippen molar-refractivity contribution in [3.8, 4) is 0 Å². The summed E-state index contributed by atoms with van der Waals surface area (Å²) in [6.45, 7) is 4.08. The van der Waals surface area contributed by atoms with E-state index in [1.165, 1.54) is 22.0 Å². The van der Waals surface area contributed by atoms with E-state index >= 15 is 0 Å². The number of amides is 1. The van der Waals surface area contributed by atoms with Gasteiger partial charge in [0.1, 0.15) is 22.1 Å². The number of fused-ring (bicyclic) bond motifs is 1. The summed E-state index contributed by atoms with van der Waals surface area (Å²) < 4.78 is 29.2. The van der Waals surface area contributed by atoms with Crippen molar-refractivity contribution in [2.75, 3.05) is 18.4 Å². The molecule has 1 amide bonds. The number of rotatable bonds is 5. The van der Waals surface area contributed by atoms with Crippen LogP contribution in [-0.4, -0.2) is 46.3 Å². The summed E-state index contributed by atoms with van der Waals surface area (Å²) in [7, 11) is -3.82. The number of aryl methyl sites for hydroxylation is 2. The van der Waals surface area contributed by atoms with Crippen molar-refractivity contribution in [2.24, 2.45) is 0 Å². The lowest BCUT2D eigenvalue weighted by Crippen LogP contribution is -2.36. The van der Waals surface area contributed by atoms with Crippen LogP contribution in [0, 0.1) is 13.8 Å². The zero-order valence-corrected chi connectivity index (χ0v) is 18.9. The van der Waals surface area contributed by atoms with E-state index in [2.05, 4.69) is 15.3 Å². The number of carbonyl (C=O) groups is 1. The number of hydrogen-bond donors (Lipinski definition) is 1. The molecule has 1 saturated heterocycles. The predicted octanol–water partition coefficient (Wildman–Crippen LogP) is 2.28. The number of anilines is 1. The van der Waals surface area contributed by atoms with Gasteiger partial charge in [-0.05, 0) is 38.8 Å². The Balaban J connectivity index is 1.69. The normalized spacial score (nSPS) is 15.3. The maximum absolute atomic E-state index is 13.3. The molecule has 4 rings (SSSR count). The lowest BCUT2D eigenvalue weighted by atomic mass is 10.2. The molecular weight excluding hydrogens is 438 g/mol. The van der Waals surface area contributed by atoms with E-state index in [-0.39, 0.29) is 16.8 Å². The van der Waals surface area contributed by atoms with Crippen LogP contribution in [0.3, 0.4) is 0 Å². The molecule has 0 aliphatic carbocycles. The van der Waals surface area contributed by atoms with E-state index in [1.54, 1.807) is 32.0 Å². The summed E-state index contributed by atoms with van der Waals surface area (Å²) in [5.74, 6) is -0.0689. The molecule has 1 aliphatic heterocycles. The molecule has 4 heterocycles. The Kier molecular flexibility index (Phi) is 5.91. The Hall–Kier alpha value is -2.63. The maximum atomic E-state index is 13.3. The molecule has 9 nitrogen and oxygen atoms in total. The third-order valence-corrected chi connectivity index (χ3v) is 8.40. The molecule has 0 aromatic carbocycles. The number of pyridine rings is 1. The van der Waals surface area contributed by atoms with Crippen molar-refractivity contribution in [3.05, 3.63) is 45.5 Å². The van der Waals surface area contributed by atoms with Crippen LogP contribution in [-0.2, 0) is 21.4 Å².